The van der Waals surface area contributed by atoms with Crippen LogP contribution < -0.4 is 15.8 Å². The minimum Gasteiger partial charge on any atom is -0.491 e. The van der Waals surface area contributed by atoms with Gasteiger partial charge in [-0.15, -0.1) is 24.0 Å². The van der Waals surface area contributed by atoms with Gasteiger partial charge in [-0.2, -0.15) is 0 Å². The van der Waals surface area contributed by atoms with Crippen LogP contribution in [0.1, 0.15) is 29.8 Å². The first-order valence-corrected chi connectivity index (χ1v) is 7.99. The normalized spacial score (nSPS) is 10.8. The van der Waals surface area contributed by atoms with Crippen molar-refractivity contribution in [1.82, 2.24) is 0 Å². The topological polar surface area (TPSA) is 85.9 Å². The molecule has 0 aliphatic carbocycles. The standard InChI is InChI=1S/C19H23N3O3.HI/c1-13(2)25-17-9-7-16(8-10-17)22-19(20)21-12-14-5-4-6-15(11-14)18(23)24-3;/h4-11,13H,12H2,1-3H3,(H3,20,21,22);1H. The van der Waals surface area contributed by atoms with E-state index in [4.69, 9.17) is 15.2 Å². The molecule has 26 heavy (non-hydrogen) atoms. The van der Waals surface area contributed by atoms with E-state index in [2.05, 4.69) is 10.3 Å². The van der Waals surface area contributed by atoms with Crippen LogP contribution in [-0.4, -0.2) is 25.1 Å². The fourth-order valence-corrected chi connectivity index (χ4v) is 2.17. The lowest BCUT2D eigenvalue weighted by atomic mass is 10.1. The summed E-state index contributed by atoms with van der Waals surface area (Å²) in [5, 5.41) is 3.02. The van der Waals surface area contributed by atoms with Crippen LogP contribution in [0.4, 0.5) is 5.69 Å². The fourth-order valence-electron chi connectivity index (χ4n) is 2.17. The zero-order valence-corrected chi connectivity index (χ0v) is 17.4. The predicted molar refractivity (Wildman–Crippen MR) is 114 cm³/mol. The van der Waals surface area contributed by atoms with E-state index < -0.39 is 0 Å². The first kappa shape index (κ1) is 21.8. The van der Waals surface area contributed by atoms with E-state index in [1.165, 1.54) is 7.11 Å². The fraction of sp³-hybridized carbons (Fsp3) is 0.263. The number of nitrogens with two attached hydrogens (primary N) is 1. The van der Waals surface area contributed by atoms with E-state index in [0.717, 1.165) is 17.0 Å². The van der Waals surface area contributed by atoms with Gasteiger partial charge in [-0.05, 0) is 55.8 Å². The number of carbonyl (C=O) groups excluding carboxylic acids is 1. The van der Waals surface area contributed by atoms with Gasteiger partial charge in [0.05, 0.1) is 25.3 Å². The van der Waals surface area contributed by atoms with Crippen LogP contribution in [0, 0.1) is 0 Å². The molecule has 0 aliphatic rings. The van der Waals surface area contributed by atoms with Crippen LogP contribution >= 0.6 is 24.0 Å². The number of anilines is 1. The number of rotatable bonds is 6. The summed E-state index contributed by atoms with van der Waals surface area (Å²) in [6, 6.07) is 14.6. The Morgan fingerprint density at radius 3 is 2.50 bits per heavy atom. The Labute approximate surface area is 170 Å². The van der Waals surface area contributed by atoms with Gasteiger partial charge < -0.3 is 20.5 Å². The summed E-state index contributed by atoms with van der Waals surface area (Å²) in [6.07, 6.45) is 0.131. The molecule has 6 nitrogen and oxygen atoms in total. The van der Waals surface area contributed by atoms with Gasteiger partial charge in [0.15, 0.2) is 5.96 Å². The third-order valence-corrected chi connectivity index (χ3v) is 3.28. The van der Waals surface area contributed by atoms with Crippen molar-refractivity contribution < 1.29 is 14.3 Å². The van der Waals surface area contributed by atoms with Crippen molar-refractivity contribution in [2.45, 2.75) is 26.5 Å². The molecule has 0 aromatic heterocycles. The second-order valence-corrected chi connectivity index (χ2v) is 5.71. The molecule has 7 heteroatoms. The third kappa shape index (κ3) is 6.91. The van der Waals surface area contributed by atoms with Gasteiger partial charge in [0.25, 0.3) is 0 Å². The summed E-state index contributed by atoms with van der Waals surface area (Å²) >= 11 is 0. The summed E-state index contributed by atoms with van der Waals surface area (Å²) in [6.45, 7) is 4.32. The number of hydrogen-bond donors (Lipinski definition) is 2. The van der Waals surface area contributed by atoms with Gasteiger partial charge in [-0.1, -0.05) is 12.1 Å². The summed E-state index contributed by atoms with van der Waals surface area (Å²) in [5.41, 5.74) is 8.09. The van der Waals surface area contributed by atoms with Crippen molar-refractivity contribution >= 4 is 41.6 Å². The predicted octanol–water partition coefficient (Wildman–Crippen LogP) is 3.81. The van der Waals surface area contributed by atoms with Crippen LogP contribution in [0.3, 0.4) is 0 Å². The molecule has 2 aromatic rings. The molecule has 0 heterocycles. The van der Waals surface area contributed by atoms with Crippen LogP contribution in [-0.2, 0) is 11.3 Å². The van der Waals surface area contributed by atoms with E-state index in [1.807, 2.05) is 44.2 Å². The molecule has 0 aliphatic heterocycles. The highest BCUT2D eigenvalue weighted by Gasteiger charge is 2.05. The number of nitrogens with one attached hydrogen (secondary N) is 1. The second kappa shape index (κ2) is 10.6. The smallest absolute Gasteiger partial charge is 0.337 e. The largest absolute Gasteiger partial charge is 0.491 e. The van der Waals surface area contributed by atoms with Crippen molar-refractivity contribution in [3.63, 3.8) is 0 Å². The van der Waals surface area contributed by atoms with Crippen LogP contribution in [0.5, 0.6) is 5.75 Å². The van der Waals surface area contributed by atoms with Crippen molar-refractivity contribution in [2.75, 3.05) is 12.4 Å². The number of methoxy groups -OCH3 is 1. The SMILES string of the molecule is COC(=O)c1cccc(CN=C(N)Nc2ccc(OC(C)C)cc2)c1.I. The van der Waals surface area contributed by atoms with Gasteiger partial charge in [-0.3, -0.25) is 0 Å². The minimum atomic E-state index is -0.374. The zero-order valence-electron chi connectivity index (χ0n) is 15.1. The summed E-state index contributed by atoms with van der Waals surface area (Å²) in [4.78, 5) is 15.8. The molecular weight excluding hydrogens is 445 g/mol. The lowest BCUT2D eigenvalue weighted by molar-refractivity contribution is 0.0600. The van der Waals surface area contributed by atoms with E-state index in [-0.39, 0.29) is 36.0 Å². The van der Waals surface area contributed by atoms with Crippen LogP contribution in [0.2, 0.25) is 0 Å². The van der Waals surface area contributed by atoms with E-state index in [0.29, 0.717) is 18.1 Å². The highest BCUT2D eigenvalue weighted by molar-refractivity contribution is 14.0. The third-order valence-electron chi connectivity index (χ3n) is 3.28. The average Bonchev–Trinajstić information content (AvgIpc) is 2.61. The molecule has 0 saturated heterocycles. The summed E-state index contributed by atoms with van der Waals surface area (Å²) < 4.78 is 10.3. The number of benzene rings is 2. The zero-order chi connectivity index (χ0) is 18.2. The van der Waals surface area contributed by atoms with Crippen LogP contribution in [0.15, 0.2) is 53.5 Å². The molecule has 2 rings (SSSR count). The summed E-state index contributed by atoms with van der Waals surface area (Å²) in [5.74, 6) is 0.720. The van der Waals surface area contributed by atoms with E-state index >= 15 is 0 Å². The van der Waals surface area contributed by atoms with Gasteiger partial charge >= 0.3 is 5.97 Å². The molecule has 2 aromatic carbocycles. The Morgan fingerprint density at radius 2 is 1.88 bits per heavy atom. The van der Waals surface area contributed by atoms with Crippen molar-refractivity contribution in [3.8, 4) is 5.75 Å². The Balaban J connectivity index is 0.00000338. The van der Waals surface area contributed by atoms with Crippen LogP contribution in [0.25, 0.3) is 0 Å². The number of halogens is 1. The Bertz CT molecular complexity index is 746. The second-order valence-electron chi connectivity index (χ2n) is 5.71. The lowest BCUT2D eigenvalue weighted by Gasteiger charge is -2.11. The Kier molecular flexibility index (Phi) is 8.91. The molecule has 0 atom stereocenters. The Morgan fingerprint density at radius 1 is 1.19 bits per heavy atom. The molecule has 140 valence electrons. The van der Waals surface area contributed by atoms with E-state index in [9.17, 15) is 4.79 Å². The monoisotopic (exact) mass is 469 g/mol. The molecule has 3 N–H and O–H groups in total. The maximum atomic E-state index is 11.5. The van der Waals surface area contributed by atoms with Crippen molar-refractivity contribution in [1.29, 1.82) is 0 Å². The molecule has 0 bridgehead atoms. The highest BCUT2D eigenvalue weighted by Crippen LogP contribution is 2.16. The molecule has 0 fully saturated rings. The molecule has 0 amide bonds. The number of hydrogen-bond acceptors (Lipinski definition) is 4. The molecule has 0 radical (unpaired) electrons. The van der Waals surface area contributed by atoms with Gasteiger partial charge in [0, 0.05) is 5.69 Å². The first-order chi connectivity index (χ1) is 12.0. The number of ether oxygens (including phenoxy) is 2. The molecular formula is C19H24IN3O3. The number of aliphatic imine (C=N–C) groups is 1. The molecule has 0 unspecified atom stereocenters. The van der Waals surface area contributed by atoms with Crippen molar-refractivity contribution in [2.24, 2.45) is 10.7 Å². The lowest BCUT2D eigenvalue weighted by Crippen LogP contribution is -2.22. The highest BCUT2D eigenvalue weighted by atomic mass is 127. The van der Waals surface area contributed by atoms with Gasteiger partial charge in [-0.25, -0.2) is 9.79 Å². The average molecular weight is 469 g/mol. The number of guanidine groups is 1. The number of nitrogens with zero attached hydrogens (tertiary/aromatic N) is 1. The summed E-state index contributed by atoms with van der Waals surface area (Å²) in [7, 11) is 1.35. The minimum absolute atomic E-state index is 0. The Hall–Kier alpha value is -2.29. The number of esters is 1. The molecule has 0 spiro atoms. The van der Waals surface area contributed by atoms with Gasteiger partial charge in [0.1, 0.15) is 5.75 Å². The van der Waals surface area contributed by atoms with Gasteiger partial charge in [0.2, 0.25) is 0 Å². The first-order valence-electron chi connectivity index (χ1n) is 7.99. The maximum Gasteiger partial charge on any atom is 0.337 e. The van der Waals surface area contributed by atoms with E-state index in [1.54, 1.807) is 18.2 Å². The molecule has 0 saturated carbocycles. The maximum absolute atomic E-state index is 11.5. The van der Waals surface area contributed by atoms with Crippen molar-refractivity contribution in [3.05, 3.63) is 59.7 Å². The number of carbonyl (C=O) groups is 1. The quantitative estimate of drug-likeness (QED) is 0.291.